The Morgan fingerprint density at radius 2 is 1.85 bits per heavy atom. The third kappa shape index (κ3) is 6.59. The molecule has 3 rings (SSSR count). The van der Waals surface area contributed by atoms with Gasteiger partial charge in [-0.3, -0.25) is 4.79 Å². The zero-order valence-electron chi connectivity index (χ0n) is 20.9. The van der Waals surface area contributed by atoms with Crippen molar-refractivity contribution in [3.8, 4) is 5.69 Å². The van der Waals surface area contributed by atoms with E-state index < -0.39 is 0 Å². The van der Waals surface area contributed by atoms with Crippen molar-refractivity contribution in [2.24, 2.45) is 0 Å². The van der Waals surface area contributed by atoms with E-state index in [1.807, 2.05) is 51.1 Å². The predicted molar refractivity (Wildman–Crippen MR) is 133 cm³/mol. The summed E-state index contributed by atoms with van der Waals surface area (Å²) in [6.45, 7) is 12.2. The molecule has 0 bridgehead atoms. The fourth-order valence-corrected chi connectivity index (χ4v) is 4.12. The molecule has 1 saturated carbocycles. The number of rotatable bonds is 6. The van der Waals surface area contributed by atoms with E-state index in [2.05, 4.69) is 31.4 Å². The van der Waals surface area contributed by atoms with Gasteiger partial charge in [0, 0.05) is 23.6 Å². The zero-order chi connectivity index (χ0) is 24.2. The van der Waals surface area contributed by atoms with Gasteiger partial charge in [0.15, 0.2) is 0 Å². The predicted octanol–water partition coefficient (Wildman–Crippen LogP) is 5.17. The Labute approximate surface area is 197 Å². The van der Waals surface area contributed by atoms with Gasteiger partial charge >= 0.3 is 6.03 Å². The van der Waals surface area contributed by atoms with Crippen LogP contribution in [-0.4, -0.2) is 45.2 Å². The van der Waals surface area contributed by atoms with Crippen molar-refractivity contribution in [2.75, 3.05) is 11.9 Å². The summed E-state index contributed by atoms with van der Waals surface area (Å²) in [7, 11) is 0. The molecular weight excluding hydrogens is 414 g/mol. The molecular formula is C26H39N5O2. The van der Waals surface area contributed by atoms with Crippen LogP contribution in [0.1, 0.15) is 78.0 Å². The van der Waals surface area contributed by atoms with Crippen molar-refractivity contribution in [3.05, 3.63) is 41.6 Å². The van der Waals surface area contributed by atoms with Crippen LogP contribution >= 0.6 is 0 Å². The van der Waals surface area contributed by atoms with Gasteiger partial charge in [-0.05, 0) is 51.3 Å². The van der Waals surface area contributed by atoms with E-state index in [4.69, 9.17) is 5.10 Å². The SMILES string of the molecule is Cc1cccc(-n2nc(C(C)(C)C)cc2NC(=O)CN(C(=O)NC2CCCCC2)C(C)C)c1. The summed E-state index contributed by atoms with van der Waals surface area (Å²) < 4.78 is 1.77. The molecule has 33 heavy (non-hydrogen) atoms. The van der Waals surface area contributed by atoms with Crippen LogP contribution in [-0.2, 0) is 10.2 Å². The molecule has 3 amide bonds. The second kappa shape index (κ2) is 10.4. The standard InChI is InChI=1S/C26H39N5O2/c1-18(2)30(25(33)27-20-12-8-7-9-13-20)17-24(32)28-23-16-22(26(4,5)6)29-31(23)21-14-10-11-19(3)15-21/h10-11,14-16,18,20H,7-9,12-13,17H2,1-6H3,(H,27,33)(H,28,32). The minimum Gasteiger partial charge on any atom is -0.335 e. The monoisotopic (exact) mass is 453 g/mol. The van der Waals surface area contributed by atoms with Crippen molar-refractivity contribution in [1.29, 1.82) is 0 Å². The molecule has 7 heteroatoms. The molecule has 0 unspecified atom stereocenters. The molecule has 0 atom stereocenters. The van der Waals surface area contributed by atoms with Gasteiger partial charge in [-0.2, -0.15) is 5.10 Å². The minimum atomic E-state index is -0.239. The Morgan fingerprint density at radius 1 is 1.15 bits per heavy atom. The second-order valence-corrected chi connectivity index (χ2v) is 10.5. The van der Waals surface area contributed by atoms with E-state index >= 15 is 0 Å². The van der Waals surface area contributed by atoms with Gasteiger partial charge in [0.25, 0.3) is 0 Å². The van der Waals surface area contributed by atoms with Crippen molar-refractivity contribution in [1.82, 2.24) is 20.0 Å². The van der Waals surface area contributed by atoms with Crippen molar-refractivity contribution < 1.29 is 9.59 Å². The first kappa shape index (κ1) is 24.8. The highest BCUT2D eigenvalue weighted by atomic mass is 16.2. The van der Waals surface area contributed by atoms with Crippen molar-refractivity contribution in [3.63, 3.8) is 0 Å². The number of carbonyl (C=O) groups is 2. The number of aryl methyl sites for hydroxylation is 1. The second-order valence-electron chi connectivity index (χ2n) is 10.5. The summed E-state index contributed by atoms with van der Waals surface area (Å²) in [5, 5.41) is 10.9. The van der Waals surface area contributed by atoms with Gasteiger partial charge in [-0.1, -0.05) is 52.2 Å². The number of carbonyl (C=O) groups excluding carboxylic acids is 2. The quantitative estimate of drug-likeness (QED) is 0.633. The van der Waals surface area contributed by atoms with Gasteiger partial charge < -0.3 is 15.5 Å². The number of nitrogens with zero attached hydrogens (tertiary/aromatic N) is 3. The van der Waals surface area contributed by atoms with E-state index in [1.54, 1.807) is 9.58 Å². The molecule has 1 aromatic carbocycles. The maximum Gasteiger partial charge on any atom is 0.318 e. The van der Waals surface area contributed by atoms with Crippen LogP contribution in [0.15, 0.2) is 30.3 Å². The molecule has 1 heterocycles. The summed E-state index contributed by atoms with van der Waals surface area (Å²) in [6, 6.07) is 9.87. The fourth-order valence-electron chi connectivity index (χ4n) is 4.12. The highest BCUT2D eigenvalue weighted by Crippen LogP contribution is 2.26. The number of amides is 3. The molecule has 0 saturated heterocycles. The smallest absolute Gasteiger partial charge is 0.318 e. The number of nitrogens with one attached hydrogen (secondary N) is 2. The first-order valence-corrected chi connectivity index (χ1v) is 12.1. The van der Waals surface area contributed by atoms with E-state index in [1.165, 1.54) is 6.42 Å². The van der Waals surface area contributed by atoms with Crippen LogP contribution < -0.4 is 10.6 Å². The lowest BCUT2D eigenvalue weighted by molar-refractivity contribution is -0.117. The van der Waals surface area contributed by atoms with Crippen LogP contribution in [0, 0.1) is 6.92 Å². The van der Waals surface area contributed by atoms with Gasteiger partial charge in [0.05, 0.1) is 11.4 Å². The van der Waals surface area contributed by atoms with Crippen LogP contribution in [0.3, 0.4) is 0 Å². The van der Waals surface area contributed by atoms with Gasteiger partial charge in [0.1, 0.15) is 12.4 Å². The van der Waals surface area contributed by atoms with Crippen LogP contribution in [0.25, 0.3) is 5.69 Å². The van der Waals surface area contributed by atoms with E-state index in [0.717, 1.165) is 42.6 Å². The van der Waals surface area contributed by atoms with Crippen molar-refractivity contribution in [2.45, 2.75) is 91.1 Å². The maximum absolute atomic E-state index is 13.1. The average molecular weight is 454 g/mol. The lowest BCUT2D eigenvalue weighted by atomic mass is 9.92. The summed E-state index contributed by atoms with van der Waals surface area (Å²) in [4.78, 5) is 27.6. The largest absolute Gasteiger partial charge is 0.335 e. The van der Waals surface area contributed by atoms with Crippen molar-refractivity contribution >= 4 is 17.8 Å². The van der Waals surface area contributed by atoms with Crippen LogP contribution in [0.4, 0.5) is 10.6 Å². The Morgan fingerprint density at radius 3 is 2.45 bits per heavy atom. The molecule has 180 valence electrons. The van der Waals surface area contributed by atoms with Crippen LogP contribution in [0.5, 0.6) is 0 Å². The Kier molecular flexibility index (Phi) is 7.82. The molecule has 1 aliphatic carbocycles. The molecule has 7 nitrogen and oxygen atoms in total. The maximum atomic E-state index is 13.1. The molecule has 0 radical (unpaired) electrons. The van der Waals surface area contributed by atoms with E-state index in [0.29, 0.717) is 5.82 Å². The highest BCUT2D eigenvalue weighted by molar-refractivity contribution is 5.94. The number of urea groups is 1. The summed E-state index contributed by atoms with van der Waals surface area (Å²) in [5.41, 5.74) is 2.72. The third-order valence-electron chi connectivity index (χ3n) is 6.12. The first-order chi connectivity index (χ1) is 15.5. The number of hydrogen-bond acceptors (Lipinski definition) is 3. The Bertz CT molecular complexity index is 967. The third-order valence-corrected chi connectivity index (χ3v) is 6.12. The number of aromatic nitrogens is 2. The summed E-state index contributed by atoms with van der Waals surface area (Å²) in [5.74, 6) is 0.365. The topological polar surface area (TPSA) is 79.3 Å². The highest BCUT2D eigenvalue weighted by Gasteiger charge is 2.25. The Hall–Kier alpha value is -2.83. The molecule has 2 N–H and O–H groups in total. The number of anilines is 1. The average Bonchev–Trinajstić information content (AvgIpc) is 3.16. The molecule has 0 spiro atoms. The molecule has 1 aliphatic rings. The minimum absolute atomic E-state index is 0.0138. The lowest BCUT2D eigenvalue weighted by Crippen LogP contribution is -2.50. The zero-order valence-corrected chi connectivity index (χ0v) is 20.9. The van der Waals surface area contributed by atoms with E-state index in [9.17, 15) is 9.59 Å². The number of hydrogen-bond donors (Lipinski definition) is 2. The summed E-state index contributed by atoms with van der Waals surface area (Å²) in [6.07, 6.45) is 5.54. The van der Waals surface area contributed by atoms with E-state index in [-0.39, 0.29) is 36.0 Å². The molecule has 2 aromatic rings. The molecule has 1 aromatic heterocycles. The molecule has 0 aliphatic heterocycles. The lowest BCUT2D eigenvalue weighted by Gasteiger charge is -2.30. The van der Waals surface area contributed by atoms with Gasteiger partial charge in [-0.25, -0.2) is 9.48 Å². The van der Waals surface area contributed by atoms with Crippen LogP contribution in [0.2, 0.25) is 0 Å². The Balaban J connectivity index is 1.77. The van der Waals surface area contributed by atoms with Gasteiger partial charge in [0.2, 0.25) is 5.91 Å². The van der Waals surface area contributed by atoms with Gasteiger partial charge in [-0.15, -0.1) is 0 Å². The normalized spacial score (nSPS) is 14.9. The first-order valence-electron chi connectivity index (χ1n) is 12.1. The fraction of sp³-hybridized carbons (Fsp3) is 0.577. The molecule has 1 fully saturated rings. The number of benzene rings is 1. The summed E-state index contributed by atoms with van der Waals surface area (Å²) >= 11 is 0.